The van der Waals surface area contributed by atoms with E-state index in [0.717, 1.165) is 11.9 Å². The molecule has 21 heavy (non-hydrogen) atoms. The van der Waals surface area contributed by atoms with Crippen LogP contribution in [0.25, 0.3) is 0 Å². The Morgan fingerprint density at radius 1 is 1.38 bits per heavy atom. The maximum absolute atomic E-state index is 12.4. The van der Waals surface area contributed by atoms with Crippen molar-refractivity contribution >= 4 is 17.3 Å². The number of nitrogens with one attached hydrogen (secondary N) is 1. The molecule has 0 aliphatic rings. The first-order valence-corrected chi connectivity index (χ1v) is 6.23. The van der Waals surface area contributed by atoms with Crippen molar-refractivity contribution in [1.82, 2.24) is 19.6 Å². The standard InChI is InChI=1S/C12H16N6O3/c1-8-10(6-13-16(8)4)15-11(19)12(2,3)17-7-9(5-14-17)18(20)21/h5-7H,1-4H3,(H,15,19). The summed E-state index contributed by atoms with van der Waals surface area (Å²) in [6.45, 7) is 5.09. The van der Waals surface area contributed by atoms with Crippen molar-refractivity contribution in [2.75, 3.05) is 5.32 Å². The summed E-state index contributed by atoms with van der Waals surface area (Å²) in [5, 5.41) is 21.4. The van der Waals surface area contributed by atoms with Crippen LogP contribution in [0.5, 0.6) is 0 Å². The number of nitrogens with zero attached hydrogens (tertiary/aromatic N) is 5. The van der Waals surface area contributed by atoms with E-state index in [0.29, 0.717) is 5.69 Å². The van der Waals surface area contributed by atoms with E-state index in [2.05, 4.69) is 15.5 Å². The van der Waals surface area contributed by atoms with Crippen LogP contribution in [-0.4, -0.2) is 30.4 Å². The van der Waals surface area contributed by atoms with Crippen LogP contribution in [-0.2, 0) is 17.4 Å². The number of carbonyl (C=O) groups is 1. The van der Waals surface area contributed by atoms with Gasteiger partial charge in [-0.05, 0) is 20.8 Å². The van der Waals surface area contributed by atoms with Gasteiger partial charge in [0, 0.05) is 7.05 Å². The van der Waals surface area contributed by atoms with Crippen molar-refractivity contribution in [1.29, 1.82) is 0 Å². The van der Waals surface area contributed by atoms with Crippen LogP contribution in [0.1, 0.15) is 19.5 Å². The quantitative estimate of drug-likeness (QED) is 0.673. The van der Waals surface area contributed by atoms with Gasteiger partial charge in [0.2, 0.25) is 0 Å². The minimum atomic E-state index is -1.07. The Morgan fingerprint density at radius 2 is 2.05 bits per heavy atom. The molecule has 1 N–H and O–H groups in total. The van der Waals surface area contributed by atoms with Crippen molar-refractivity contribution < 1.29 is 9.72 Å². The normalized spacial score (nSPS) is 11.4. The van der Waals surface area contributed by atoms with Gasteiger partial charge in [-0.1, -0.05) is 0 Å². The largest absolute Gasteiger partial charge is 0.321 e. The molecule has 9 nitrogen and oxygen atoms in total. The third kappa shape index (κ3) is 2.62. The Morgan fingerprint density at radius 3 is 2.52 bits per heavy atom. The van der Waals surface area contributed by atoms with E-state index in [1.54, 1.807) is 31.8 Å². The lowest BCUT2D eigenvalue weighted by atomic mass is 10.0. The first-order chi connectivity index (χ1) is 9.73. The summed E-state index contributed by atoms with van der Waals surface area (Å²) in [5.74, 6) is -0.336. The zero-order valence-electron chi connectivity index (χ0n) is 12.2. The van der Waals surface area contributed by atoms with E-state index in [1.165, 1.54) is 10.9 Å². The molecule has 0 saturated carbocycles. The van der Waals surface area contributed by atoms with E-state index in [1.807, 2.05) is 6.92 Å². The average Bonchev–Trinajstić information content (AvgIpc) is 3.01. The first-order valence-electron chi connectivity index (χ1n) is 6.23. The van der Waals surface area contributed by atoms with Gasteiger partial charge in [-0.2, -0.15) is 10.2 Å². The molecule has 0 spiro atoms. The molecule has 0 saturated heterocycles. The fraction of sp³-hybridized carbons (Fsp3) is 0.417. The summed E-state index contributed by atoms with van der Waals surface area (Å²) < 4.78 is 2.91. The van der Waals surface area contributed by atoms with Gasteiger partial charge in [0.25, 0.3) is 5.91 Å². The first kappa shape index (κ1) is 14.7. The summed E-state index contributed by atoms with van der Waals surface area (Å²) in [6, 6.07) is 0. The van der Waals surface area contributed by atoms with Gasteiger partial charge >= 0.3 is 5.69 Å². The molecule has 2 aromatic rings. The fourth-order valence-corrected chi connectivity index (χ4v) is 1.71. The van der Waals surface area contributed by atoms with Crippen LogP contribution in [0.4, 0.5) is 11.4 Å². The molecule has 0 fully saturated rings. The van der Waals surface area contributed by atoms with Gasteiger partial charge in [-0.3, -0.25) is 24.3 Å². The van der Waals surface area contributed by atoms with Crippen molar-refractivity contribution in [3.8, 4) is 0 Å². The van der Waals surface area contributed by atoms with Crippen LogP contribution >= 0.6 is 0 Å². The van der Waals surface area contributed by atoms with Crippen LogP contribution in [0.15, 0.2) is 18.6 Å². The third-order valence-corrected chi connectivity index (χ3v) is 3.39. The molecule has 9 heteroatoms. The molecule has 0 bridgehead atoms. The predicted octanol–water partition coefficient (Wildman–Crippen LogP) is 1.21. The Bertz CT molecular complexity index is 700. The van der Waals surface area contributed by atoms with Crippen molar-refractivity contribution in [2.24, 2.45) is 7.05 Å². The second-order valence-electron chi connectivity index (χ2n) is 5.18. The number of aromatic nitrogens is 4. The number of amides is 1. The van der Waals surface area contributed by atoms with Crippen LogP contribution in [0.2, 0.25) is 0 Å². The Labute approximate surface area is 120 Å². The second kappa shape index (κ2) is 5.00. The Balaban J connectivity index is 2.23. The van der Waals surface area contributed by atoms with E-state index >= 15 is 0 Å². The number of carbonyl (C=O) groups excluding carboxylic acids is 1. The topological polar surface area (TPSA) is 108 Å². The maximum Gasteiger partial charge on any atom is 0.307 e. The zero-order chi connectivity index (χ0) is 15.8. The molecule has 0 aliphatic carbocycles. The van der Waals surface area contributed by atoms with Crippen LogP contribution in [0, 0.1) is 17.0 Å². The monoisotopic (exact) mass is 292 g/mol. The average molecular weight is 292 g/mol. The number of hydrogen-bond donors (Lipinski definition) is 1. The highest BCUT2D eigenvalue weighted by atomic mass is 16.6. The highest BCUT2D eigenvalue weighted by molar-refractivity contribution is 5.96. The Kier molecular flexibility index (Phi) is 3.50. The highest BCUT2D eigenvalue weighted by Crippen LogP contribution is 2.21. The van der Waals surface area contributed by atoms with Gasteiger partial charge in [0.1, 0.15) is 17.9 Å². The molecular formula is C12H16N6O3. The van der Waals surface area contributed by atoms with Gasteiger partial charge < -0.3 is 5.32 Å². The van der Waals surface area contributed by atoms with E-state index < -0.39 is 10.5 Å². The molecule has 2 aromatic heterocycles. The molecule has 2 rings (SSSR count). The van der Waals surface area contributed by atoms with Crippen molar-refractivity contribution in [3.63, 3.8) is 0 Å². The molecule has 0 radical (unpaired) electrons. The number of anilines is 1. The van der Waals surface area contributed by atoms with Crippen molar-refractivity contribution in [3.05, 3.63) is 34.4 Å². The minimum Gasteiger partial charge on any atom is -0.321 e. The van der Waals surface area contributed by atoms with Gasteiger partial charge in [-0.15, -0.1) is 0 Å². The number of nitro groups is 1. The molecule has 0 atom stereocenters. The van der Waals surface area contributed by atoms with Crippen molar-refractivity contribution in [2.45, 2.75) is 26.3 Å². The fourth-order valence-electron chi connectivity index (χ4n) is 1.71. The molecule has 1 amide bonds. The van der Waals surface area contributed by atoms with Crippen LogP contribution < -0.4 is 5.32 Å². The summed E-state index contributed by atoms with van der Waals surface area (Å²) in [7, 11) is 1.77. The SMILES string of the molecule is Cc1c(NC(=O)C(C)(C)n2cc([N+](=O)[O-])cn2)cnn1C. The molecule has 2 heterocycles. The highest BCUT2D eigenvalue weighted by Gasteiger charge is 2.32. The molecule has 0 aromatic carbocycles. The number of rotatable bonds is 4. The lowest BCUT2D eigenvalue weighted by Gasteiger charge is -2.23. The van der Waals surface area contributed by atoms with Crippen LogP contribution in [0.3, 0.4) is 0 Å². The molecule has 0 unspecified atom stereocenters. The molecule has 0 aliphatic heterocycles. The lowest BCUT2D eigenvalue weighted by molar-refractivity contribution is -0.385. The molecular weight excluding hydrogens is 276 g/mol. The van der Waals surface area contributed by atoms with E-state index in [4.69, 9.17) is 0 Å². The van der Waals surface area contributed by atoms with Gasteiger partial charge in [0.05, 0.1) is 22.5 Å². The second-order valence-corrected chi connectivity index (χ2v) is 5.18. The maximum atomic E-state index is 12.4. The molecule has 112 valence electrons. The smallest absolute Gasteiger partial charge is 0.307 e. The summed E-state index contributed by atoms with van der Waals surface area (Å²) in [4.78, 5) is 22.5. The number of aryl methyl sites for hydroxylation is 1. The van der Waals surface area contributed by atoms with Gasteiger partial charge in [-0.25, -0.2) is 0 Å². The summed E-state index contributed by atoms with van der Waals surface area (Å²) in [5.41, 5.74) is 0.174. The van der Waals surface area contributed by atoms with E-state index in [9.17, 15) is 14.9 Å². The van der Waals surface area contributed by atoms with E-state index in [-0.39, 0.29) is 11.6 Å². The van der Waals surface area contributed by atoms with Gasteiger partial charge in [0.15, 0.2) is 0 Å². The minimum absolute atomic E-state index is 0.159. The third-order valence-electron chi connectivity index (χ3n) is 3.39. The predicted molar refractivity (Wildman–Crippen MR) is 74.8 cm³/mol. The zero-order valence-corrected chi connectivity index (χ0v) is 12.2. The Hall–Kier alpha value is -2.71. The lowest BCUT2D eigenvalue weighted by Crippen LogP contribution is -2.40. The summed E-state index contributed by atoms with van der Waals surface area (Å²) in [6.07, 6.45) is 3.90. The summed E-state index contributed by atoms with van der Waals surface area (Å²) >= 11 is 0. The number of hydrogen-bond acceptors (Lipinski definition) is 5.